The zero-order valence-corrected chi connectivity index (χ0v) is 14.3. The Morgan fingerprint density at radius 3 is 2.50 bits per heavy atom. The SMILES string of the molecule is CC(C)(C)c1cccc(NC(=O)c2ccccc2)c1OCC1CO1. The molecule has 1 amide bonds. The van der Waals surface area contributed by atoms with Gasteiger partial charge in [0.1, 0.15) is 18.5 Å². The van der Waals surface area contributed by atoms with E-state index in [1.165, 1.54) is 0 Å². The van der Waals surface area contributed by atoms with Crippen LogP contribution in [0.15, 0.2) is 48.5 Å². The molecular weight excluding hydrogens is 302 g/mol. The van der Waals surface area contributed by atoms with Gasteiger partial charge in [-0.3, -0.25) is 4.79 Å². The van der Waals surface area contributed by atoms with Crippen molar-refractivity contribution in [2.75, 3.05) is 18.5 Å². The molecule has 4 heteroatoms. The van der Waals surface area contributed by atoms with Gasteiger partial charge in [0.2, 0.25) is 0 Å². The fraction of sp³-hybridized carbons (Fsp3) is 0.350. The molecule has 0 bridgehead atoms. The molecule has 0 spiro atoms. The molecule has 1 heterocycles. The third-order valence-corrected chi connectivity index (χ3v) is 3.92. The predicted octanol–water partition coefficient (Wildman–Crippen LogP) is 4.01. The van der Waals surface area contributed by atoms with Crippen LogP contribution in [0, 0.1) is 0 Å². The van der Waals surface area contributed by atoms with Crippen LogP contribution in [0.2, 0.25) is 0 Å². The van der Waals surface area contributed by atoms with Crippen molar-refractivity contribution in [3.63, 3.8) is 0 Å². The van der Waals surface area contributed by atoms with E-state index >= 15 is 0 Å². The second-order valence-electron chi connectivity index (χ2n) is 7.02. The Hall–Kier alpha value is -2.33. The van der Waals surface area contributed by atoms with Gasteiger partial charge in [-0.1, -0.05) is 51.1 Å². The summed E-state index contributed by atoms with van der Waals surface area (Å²) in [5.74, 6) is 0.582. The smallest absolute Gasteiger partial charge is 0.255 e. The van der Waals surface area contributed by atoms with Crippen molar-refractivity contribution in [1.29, 1.82) is 0 Å². The number of nitrogens with one attached hydrogen (secondary N) is 1. The summed E-state index contributed by atoms with van der Waals surface area (Å²) in [4.78, 5) is 12.5. The first-order valence-corrected chi connectivity index (χ1v) is 8.19. The zero-order chi connectivity index (χ0) is 17.2. The molecular formula is C20H23NO3. The Kier molecular flexibility index (Phi) is 4.58. The van der Waals surface area contributed by atoms with E-state index in [-0.39, 0.29) is 17.4 Å². The van der Waals surface area contributed by atoms with Crippen LogP contribution in [0.5, 0.6) is 5.75 Å². The van der Waals surface area contributed by atoms with Gasteiger partial charge in [-0.15, -0.1) is 0 Å². The minimum atomic E-state index is -0.144. The van der Waals surface area contributed by atoms with Gasteiger partial charge in [0.05, 0.1) is 12.3 Å². The summed E-state index contributed by atoms with van der Waals surface area (Å²) in [5.41, 5.74) is 2.29. The van der Waals surface area contributed by atoms with Crippen molar-refractivity contribution in [1.82, 2.24) is 0 Å². The number of hydrogen-bond donors (Lipinski definition) is 1. The molecule has 0 aliphatic carbocycles. The Labute approximate surface area is 142 Å². The van der Waals surface area contributed by atoms with Crippen molar-refractivity contribution in [2.24, 2.45) is 0 Å². The molecule has 2 aromatic rings. The van der Waals surface area contributed by atoms with Gasteiger partial charge in [0.25, 0.3) is 5.91 Å². The van der Waals surface area contributed by atoms with Crippen LogP contribution >= 0.6 is 0 Å². The Bertz CT molecular complexity index is 715. The monoisotopic (exact) mass is 325 g/mol. The number of rotatable bonds is 5. The van der Waals surface area contributed by atoms with E-state index in [0.29, 0.717) is 17.9 Å². The molecule has 2 aromatic carbocycles. The number of benzene rings is 2. The van der Waals surface area contributed by atoms with Gasteiger partial charge in [0, 0.05) is 11.1 Å². The van der Waals surface area contributed by atoms with E-state index in [1.807, 2.05) is 36.4 Å². The molecule has 1 atom stereocenters. The van der Waals surface area contributed by atoms with Crippen molar-refractivity contribution >= 4 is 11.6 Å². The molecule has 1 unspecified atom stereocenters. The van der Waals surface area contributed by atoms with Gasteiger partial charge < -0.3 is 14.8 Å². The molecule has 1 N–H and O–H groups in total. The van der Waals surface area contributed by atoms with Crippen molar-refractivity contribution in [3.8, 4) is 5.75 Å². The van der Waals surface area contributed by atoms with Gasteiger partial charge in [0.15, 0.2) is 0 Å². The first-order valence-electron chi connectivity index (χ1n) is 8.19. The summed E-state index contributed by atoms with van der Waals surface area (Å²) < 4.78 is 11.2. The number of para-hydroxylation sites is 1. The maximum absolute atomic E-state index is 12.5. The highest BCUT2D eigenvalue weighted by molar-refractivity contribution is 6.05. The van der Waals surface area contributed by atoms with Crippen LogP contribution in [0.1, 0.15) is 36.7 Å². The Morgan fingerprint density at radius 1 is 1.17 bits per heavy atom. The van der Waals surface area contributed by atoms with Crippen LogP contribution in [-0.2, 0) is 10.2 Å². The Balaban J connectivity index is 1.89. The number of ether oxygens (including phenoxy) is 2. The fourth-order valence-corrected chi connectivity index (χ4v) is 2.51. The third-order valence-electron chi connectivity index (χ3n) is 3.92. The molecule has 1 saturated heterocycles. The number of epoxide rings is 1. The molecule has 24 heavy (non-hydrogen) atoms. The molecule has 1 fully saturated rings. The molecule has 126 valence electrons. The fourth-order valence-electron chi connectivity index (χ4n) is 2.51. The lowest BCUT2D eigenvalue weighted by Gasteiger charge is -2.25. The molecule has 1 aliphatic heterocycles. The van der Waals surface area contributed by atoms with Gasteiger partial charge in [-0.2, -0.15) is 0 Å². The van der Waals surface area contributed by atoms with Crippen LogP contribution in [0.3, 0.4) is 0 Å². The van der Waals surface area contributed by atoms with Gasteiger partial charge in [-0.25, -0.2) is 0 Å². The average Bonchev–Trinajstić information content (AvgIpc) is 3.37. The molecule has 0 radical (unpaired) electrons. The highest BCUT2D eigenvalue weighted by Gasteiger charge is 2.27. The molecule has 3 rings (SSSR count). The number of amides is 1. The third kappa shape index (κ3) is 3.95. The van der Waals surface area contributed by atoms with E-state index in [0.717, 1.165) is 17.9 Å². The molecule has 0 saturated carbocycles. The number of carbonyl (C=O) groups is 1. The summed E-state index contributed by atoms with van der Waals surface area (Å²) in [6.45, 7) is 7.63. The van der Waals surface area contributed by atoms with Crippen LogP contribution in [0.25, 0.3) is 0 Å². The van der Waals surface area contributed by atoms with Crippen molar-refractivity contribution in [2.45, 2.75) is 32.3 Å². The van der Waals surface area contributed by atoms with E-state index in [4.69, 9.17) is 9.47 Å². The first-order chi connectivity index (χ1) is 11.4. The topological polar surface area (TPSA) is 50.9 Å². The van der Waals surface area contributed by atoms with E-state index < -0.39 is 0 Å². The van der Waals surface area contributed by atoms with E-state index in [1.54, 1.807) is 12.1 Å². The van der Waals surface area contributed by atoms with Crippen molar-refractivity contribution in [3.05, 3.63) is 59.7 Å². The summed E-state index contributed by atoms with van der Waals surface area (Å²) >= 11 is 0. The lowest BCUT2D eigenvalue weighted by atomic mass is 9.86. The highest BCUT2D eigenvalue weighted by atomic mass is 16.6. The van der Waals surface area contributed by atoms with Gasteiger partial charge in [-0.05, 0) is 23.6 Å². The van der Waals surface area contributed by atoms with Crippen LogP contribution < -0.4 is 10.1 Å². The predicted molar refractivity (Wildman–Crippen MR) is 94.8 cm³/mol. The summed E-state index contributed by atoms with van der Waals surface area (Å²) in [6.07, 6.45) is 0.163. The molecule has 0 aromatic heterocycles. The lowest BCUT2D eigenvalue weighted by Crippen LogP contribution is -2.18. The van der Waals surface area contributed by atoms with Crippen molar-refractivity contribution < 1.29 is 14.3 Å². The highest BCUT2D eigenvalue weighted by Crippen LogP contribution is 2.37. The summed E-state index contributed by atoms with van der Waals surface area (Å²) in [7, 11) is 0. The zero-order valence-electron chi connectivity index (χ0n) is 14.3. The molecule has 4 nitrogen and oxygen atoms in total. The summed E-state index contributed by atoms with van der Waals surface area (Å²) in [6, 6.07) is 15.0. The van der Waals surface area contributed by atoms with E-state index in [2.05, 4.69) is 26.1 Å². The molecule has 1 aliphatic rings. The van der Waals surface area contributed by atoms with Crippen LogP contribution in [0.4, 0.5) is 5.69 Å². The largest absolute Gasteiger partial charge is 0.488 e. The summed E-state index contributed by atoms with van der Waals surface area (Å²) in [5, 5.41) is 2.98. The number of carbonyl (C=O) groups excluding carboxylic acids is 1. The quantitative estimate of drug-likeness (QED) is 0.845. The average molecular weight is 325 g/mol. The maximum Gasteiger partial charge on any atom is 0.255 e. The second kappa shape index (κ2) is 6.65. The number of anilines is 1. The number of hydrogen-bond acceptors (Lipinski definition) is 3. The van der Waals surface area contributed by atoms with Gasteiger partial charge >= 0.3 is 0 Å². The minimum Gasteiger partial charge on any atom is -0.488 e. The second-order valence-corrected chi connectivity index (χ2v) is 7.02. The van der Waals surface area contributed by atoms with Crippen LogP contribution in [-0.4, -0.2) is 25.2 Å². The maximum atomic E-state index is 12.5. The first kappa shape index (κ1) is 16.5. The standard InChI is InChI=1S/C20H23NO3/c1-20(2,3)16-10-7-11-17(18(16)24-13-15-12-23-15)21-19(22)14-8-5-4-6-9-14/h4-11,15H,12-13H2,1-3H3,(H,21,22). The van der Waals surface area contributed by atoms with E-state index in [9.17, 15) is 4.79 Å². The lowest BCUT2D eigenvalue weighted by molar-refractivity contribution is 0.102. The normalized spacial score (nSPS) is 16.5. The Morgan fingerprint density at radius 2 is 1.88 bits per heavy atom. The minimum absolute atomic E-state index is 0.0901.